The van der Waals surface area contributed by atoms with Gasteiger partial charge < -0.3 is 35.4 Å². The molecule has 13 heteroatoms. The molecule has 0 bridgehead atoms. The number of carboxylic acids is 3. The average Bonchev–Trinajstić information content (AvgIpc) is 2.84. The molecule has 2 amide bonds. The summed E-state index contributed by atoms with van der Waals surface area (Å²) in [5, 5.41) is 32.0. The Balaban J connectivity index is 1.97. The van der Waals surface area contributed by atoms with E-state index in [1.807, 2.05) is 0 Å². The number of hydrogen-bond donors (Lipinski definition) is 5. The highest BCUT2D eigenvalue weighted by atomic mass is 16.5. The van der Waals surface area contributed by atoms with Crippen LogP contribution in [0.5, 0.6) is 5.75 Å². The van der Waals surface area contributed by atoms with E-state index in [1.54, 1.807) is 0 Å². The smallest absolute Gasteiger partial charge is 0.356 e. The summed E-state index contributed by atoms with van der Waals surface area (Å²) in [6.45, 7) is 4.18. The Kier molecular flexibility index (Phi) is 11.6. The van der Waals surface area contributed by atoms with Crippen molar-refractivity contribution in [3.63, 3.8) is 0 Å². The number of nitrogens with zero attached hydrogens (tertiary/aromatic N) is 1. The van der Waals surface area contributed by atoms with Gasteiger partial charge in [0.05, 0.1) is 19.6 Å². The number of benzene rings is 1. The highest BCUT2D eigenvalue weighted by Gasteiger charge is 2.28. The van der Waals surface area contributed by atoms with Crippen LogP contribution in [0.3, 0.4) is 0 Å². The highest BCUT2D eigenvalue weighted by molar-refractivity contribution is 5.96. The predicted octanol–water partition coefficient (Wildman–Crippen LogP) is -0.666. The lowest BCUT2D eigenvalue weighted by molar-refractivity contribution is -0.159. The number of ether oxygens (including phenoxy) is 2. The summed E-state index contributed by atoms with van der Waals surface area (Å²) in [6, 6.07) is 4.76. The van der Waals surface area contributed by atoms with Crippen LogP contribution in [-0.4, -0.2) is 101 Å². The molecule has 36 heavy (non-hydrogen) atoms. The van der Waals surface area contributed by atoms with E-state index in [1.165, 1.54) is 24.3 Å². The van der Waals surface area contributed by atoms with E-state index in [0.717, 1.165) is 19.6 Å². The molecule has 1 atom stereocenters. The number of aliphatic carboxylic acids is 3. The lowest BCUT2D eigenvalue weighted by Gasteiger charge is -2.26. The van der Waals surface area contributed by atoms with Crippen molar-refractivity contribution in [1.29, 1.82) is 0 Å². The van der Waals surface area contributed by atoms with Gasteiger partial charge in [-0.05, 0) is 30.7 Å². The van der Waals surface area contributed by atoms with Gasteiger partial charge >= 0.3 is 17.9 Å². The monoisotopic (exact) mass is 509 g/mol. The first kappa shape index (κ1) is 28.5. The Labute approximate surface area is 207 Å². The maximum absolute atomic E-state index is 12.8. The molecule has 1 fully saturated rings. The van der Waals surface area contributed by atoms with Gasteiger partial charge in [0.25, 0.3) is 6.10 Å². The van der Waals surface area contributed by atoms with Crippen molar-refractivity contribution in [1.82, 2.24) is 15.5 Å². The summed E-state index contributed by atoms with van der Waals surface area (Å²) >= 11 is 0. The molecule has 1 unspecified atom stereocenters. The fourth-order valence-corrected chi connectivity index (χ4v) is 3.44. The first-order valence-electron chi connectivity index (χ1n) is 11.5. The maximum atomic E-state index is 12.8. The fourth-order valence-electron chi connectivity index (χ4n) is 3.44. The molecular weight excluding hydrogens is 478 g/mol. The van der Waals surface area contributed by atoms with Crippen molar-refractivity contribution >= 4 is 29.7 Å². The van der Waals surface area contributed by atoms with E-state index >= 15 is 0 Å². The molecule has 0 spiro atoms. The van der Waals surface area contributed by atoms with Crippen LogP contribution >= 0.6 is 0 Å². The number of carbonyl (C=O) groups is 5. The number of carboxylic acid groups (broad SMARTS) is 3. The fraction of sp³-hybridized carbons (Fsp3) is 0.522. The van der Waals surface area contributed by atoms with Crippen molar-refractivity contribution in [3.8, 4) is 5.75 Å². The topological polar surface area (TPSA) is 192 Å². The third-order valence-corrected chi connectivity index (χ3v) is 5.34. The van der Waals surface area contributed by atoms with Gasteiger partial charge in [-0.1, -0.05) is 12.1 Å². The minimum Gasteiger partial charge on any atom is -0.481 e. The Morgan fingerprint density at radius 2 is 1.61 bits per heavy atom. The van der Waals surface area contributed by atoms with Crippen LogP contribution in [0.15, 0.2) is 24.3 Å². The molecule has 1 aliphatic heterocycles. The first-order valence-corrected chi connectivity index (χ1v) is 11.5. The van der Waals surface area contributed by atoms with Gasteiger partial charge in [-0.15, -0.1) is 0 Å². The molecule has 1 aliphatic rings. The van der Waals surface area contributed by atoms with E-state index in [2.05, 4.69) is 15.5 Å². The van der Waals surface area contributed by atoms with Crippen LogP contribution in [0.4, 0.5) is 0 Å². The zero-order valence-electron chi connectivity index (χ0n) is 19.7. The van der Waals surface area contributed by atoms with Crippen molar-refractivity contribution in [2.75, 3.05) is 39.4 Å². The van der Waals surface area contributed by atoms with E-state index in [4.69, 9.17) is 24.8 Å². The standard InChI is InChI=1S/C23H31N3O10/c27-18(6-7-19(28)29)25-17(21(30)24-8-1-9-26-10-12-35-13-11-26)14-15-2-4-16(5-3-15)36-20(22(31)32)23(33)34/h2-5,17,20H,1,6-14H2,(H,24,30)(H,25,27)(H,28,29)(H,31,32)(H,33,34). The number of rotatable bonds is 15. The van der Waals surface area contributed by atoms with Gasteiger partial charge in [0.15, 0.2) is 0 Å². The number of hydrogen-bond acceptors (Lipinski definition) is 8. The van der Waals surface area contributed by atoms with Crippen molar-refractivity contribution in [2.24, 2.45) is 0 Å². The molecule has 0 aliphatic carbocycles. The van der Waals surface area contributed by atoms with Crippen molar-refractivity contribution < 1.29 is 48.8 Å². The molecule has 0 saturated carbocycles. The summed E-state index contributed by atoms with van der Waals surface area (Å²) in [4.78, 5) is 60.0. The van der Waals surface area contributed by atoms with E-state index < -0.39 is 41.9 Å². The van der Waals surface area contributed by atoms with Crippen molar-refractivity contribution in [3.05, 3.63) is 29.8 Å². The molecular formula is C23H31N3O10. The number of morpholine rings is 1. The molecule has 1 saturated heterocycles. The third kappa shape index (κ3) is 10.3. The lowest BCUT2D eigenvalue weighted by atomic mass is 10.0. The third-order valence-electron chi connectivity index (χ3n) is 5.34. The summed E-state index contributed by atoms with van der Waals surface area (Å²) in [5.41, 5.74) is 0.580. The van der Waals surface area contributed by atoms with Crippen LogP contribution < -0.4 is 15.4 Å². The van der Waals surface area contributed by atoms with E-state index in [-0.39, 0.29) is 25.0 Å². The molecule has 198 valence electrons. The van der Waals surface area contributed by atoms with Gasteiger partial charge in [-0.25, -0.2) is 9.59 Å². The molecule has 2 rings (SSSR count). The summed E-state index contributed by atoms with van der Waals surface area (Å²) in [5.74, 6) is -5.45. The number of carbonyl (C=O) groups excluding carboxylic acids is 2. The normalized spacial score (nSPS) is 14.6. The van der Waals surface area contributed by atoms with E-state index in [0.29, 0.717) is 31.7 Å². The molecule has 5 N–H and O–H groups in total. The van der Waals surface area contributed by atoms with Crippen LogP contribution in [0.25, 0.3) is 0 Å². The van der Waals surface area contributed by atoms with Gasteiger partial charge in [-0.3, -0.25) is 19.3 Å². The molecule has 13 nitrogen and oxygen atoms in total. The molecule has 0 aromatic heterocycles. The van der Waals surface area contributed by atoms with Crippen molar-refractivity contribution in [2.45, 2.75) is 37.8 Å². The van der Waals surface area contributed by atoms with Crippen LogP contribution in [-0.2, 0) is 35.1 Å². The largest absolute Gasteiger partial charge is 0.481 e. The second kappa shape index (κ2) is 14.6. The quantitative estimate of drug-likeness (QED) is 0.149. The Hall–Kier alpha value is -3.71. The van der Waals surface area contributed by atoms with Gasteiger partial charge in [0.1, 0.15) is 11.8 Å². The predicted molar refractivity (Wildman–Crippen MR) is 124 cm³/mol. The SMILES string of the molecule is O=C(O)CCC(=O)NC(Cc1ccc(OC(C(=O)O)C(=O)O)cc1)C(=O)NCCCN1CCOCC1. The van der Waals surface area contributed by atoms with Crippen LogP contribution in [0, 0.1) is 0 Å². The minimum absolute atomic E-state index is 0.00292. The lowest BCUT2D eigenvalue weighted by Crippen LogP contribution is -2.48. The average molecular weight is 510 g/mol. The van der Waals surface area contributed by atoms with E-state index in [9.17, 15) is 24.0 Å². The molecule has 1 heterocycles. The molecule has 1 aromatic carbocycles. The number of nitrogens with one attached hydrogen (secondary N) is 2. The van der Waals surface area contributed by atoms with Gasteiger partial charge in [0, 0.05) is 32.5 Å². The summed E-state index contributed by atoms with van der Waals surface area (Å²) in [7, 11) is 0. The second-order valence-electron chi connectivity index (χ2n) is 8.13. The summed E-state index contributed by atoms with van der Waals surface area (Å²) in [6.07, 6.45) is -1.96. The molecule has 0 radical (unpaired) electrons. The van der Waals surface area contributed by atoms with Crippen LogP contribution in [0.2, 0.25) is 0 Å². The zero-order valence-corrected chi connectivity index (χ0v) is 19.7. The Bertz CT molecular complexity index is 901. The summed E-state index contributed by atoms with van der Waals surface area (Å²) < 4.78 is 10.3. The van der Waals surface area contributed by atoms with Crippen LogP contribution in [0.1, 0.15) is 24.8 Å². The van der Waals surface area contributed by atoms with Gasteiger partial charge in [-0.2, -0.15) is 0 Å². The Morgan fingerprint density at radius 1 is 0.972 bits per heavy atom. The number of amides is 2. The second-order valence-corrected chi connectivity index (χ2v) is 8.13. The Morgan fingerprint density at radius 3 is 2.19 bits per heavy atom. The maximum Gasteiger partial charge on any atom is 0.356 e. The minimum atomic E-state index is -2.07. The first-order chi connectivity index (χ1) is 17.2. The zero-order chi connectivity index (χ0) is 26.5. The molecule has 1 aromatic rings. The highest BCUT2D eigenvalue weighted by Crippen LogP contribution is 2.16. The van der Waals surface area contributed by atoms with Gasteiger partial charge in [0.2, 0.25) is 11.8 Å².